The van der Waals surface area contributed by atoms with E-state index in [9.17, 15) is 14.7 Å². The molecule has 0 aromatic heterocycles. The predicted octanol–water partition coefficient (Wildman–Crippen LogP) is -0.196. The molecule has 0 radical (unpaired) electrons. The van der Waals surface area contributed by atoms with Crippen LogP contribution >= 0.6 is 0 Å². The van der Waals surface area contributed by atoms with E-state index in [1.54, 1.807) is 12.1 Å². The van der Waals surface area contributed by atoms with E-state index < -0.39 is 24.2 Å². The molecule has 2 aliphatic rings. The highest BCUT2D eigenvalue weighted by Gasteiger charge is 2.50. The molecule has 0 bridgehead atoms. The summed E-state index contributed by atoms with van der Waals surface area (Å²) in [4.78, 5) is 26.5. The number of para-hydroxylation sites is 1. The van der Waals surface area contributed by atoms with Crippen molar-refractivity contribution >= 4 is 11.8 Å². The highest BCUT2D eigenvalue weighted by atomic mass is 16.5. The van der Waals surface area contributed by atoms with Crippen molar-refractivity contribution in [2.24, 2.45) is 0 Å². The molecule has 2 amide bonds. The number of fused-ring (bicyclic) bond motifs is 3. The van der Waals surface area contributed by atoms with Crippen LogP contribution in [-0.2, 0) is 14.3 Å². The van der Waals surface area contributed by atoms with Crippen molar-refractivity contribution in [1.82, 2.24) is 10.2 Å². The molecule has 8 heteroatoms. The number of nitrogens with one attached hydrogen (secondary N) is 1. The minimum Gasteiger partial charge on any atom is -0.486 e. The number of benzene rings is 1. The molecule has 1 aromatic carbocycles. The Bertz CT molecular complexity index is 765. The first-order valence-corrected chi connectivity index (χ1v) is 9.30. The van der Waals surface area contributed by atoms with Crippen molar-refractivity contribution in [3.63, 3.8) is 0 Å². The maximum absolute atomic E-state index is 12.8. The second kappa shape index (κ2) is 8.72. The van der Waals surface area contributed by atoms with Crippen molar-refractivity contribution in [2.75, 3.05) is 33.4 Å². The van der Waals surface area contributed by atoms with Crippen molar-refractivity contribution in [1.29, 1.82) is 0 Å². The van der Waals surface area contributed by atoms with Gasteiger partial charge in [0.15, 0.2) is 0 Å². The van der Waals surface area contributed by atoms with E-state index >= 15 is 0 Å². The molecule has 28 heavy (non-hydrogen) atoms. The van der Waals surface area contributed by atoms with Gasteiger partial charge in [0.2, 0.25) is 11.8 Å². The summed E-state index contributed by atoms with van der Waals surface area (Å²) >= 11 is 0. The zero-order valence-electron chi connectivity index (χ0n) is 16.0. The lowest BCUT2D eigenvalue weighted by molar-refractivity contribution is -0.135. The molecule has 1 aliphatic heterocycles. The number of hydrogen-bond donors (Lipinski definition) is 3. The van der Waals surface area contributed by atoms with Crippen molar-refractivity contribution in [2.45, 2.75) is 31.1 Å². The second-order valence-electron chi connectivity index (χ2n) is 6.89. The van der Waals surface area contributed by atoms with E-state index in [1.165, 1.54) is 18.9 Å². The molecule has 152 valence electrons. The molecular formula is C20H26N2O6. The van der Waals surface area contributed by atoms with Gasteiger partial charge in [-0.05, 0) is 12.1 Å². The van der Waals surface area contributed by atoms with Gasteiger partial charge in [-0.2, -0.15) is 0 Å². The Hall–Kier alpha value is -2.42. The van der Waals surface area contributed by atoms with Crippen LogP contribution in [0.5, 0.6) is 5.75 Å². The Kier molecular flexibility index (Phi) is 6.33. The van der Waals surface area contributed by atoms with Gasteiger partial charge in [-0.1, -0.05) is 18.2 Å². The average Bonchev–Trinajstić information content (AvgIpc) is 3.08. The molecule has 3 N–H and O–H groups in total. The van der Waals surface area contributed by atoms with Crippen LogP contribution in [0.1, 0.15) is 18.4 Å². The first kappa shape index (κ1) is 20.3. The molecule has 4 atom stereocenters. The van der Waals surface area contributed by atoms with Crippen LogP contribution < -0.4 is 10.1 Å². The number of methoxy groups -OCH3 is 1. The zero-order chi connectivity index (χ0) is 20.3. The van der Waals surface area contributed by atoms with Gasteiger partial charge in [0.05, 0.1) is 25.2 Å². The van der Waals surface area contributed by atoms with Crippen molar-refractivity contribution < 1.29 is 29.3 Å². The minimum atomic E-state index is -1.01. The lowest BCUT2D eigenvalue weighted by atomic mass is 9.77. The van der Waals surface area contributed by atoms with E-state index in [-0.39, 0.29) is 31.5 Å². The van der Waals surface area contributed by atoms with Gasteiger partial charge in [0.1, 0.15) is 18.0 Å². The number of carbonyl (C=O) groups is 2. The standard InChI is InChI=1S/C20H26N2O6/c1-12(24)22(8-10-27-2)15-11-14(20(26)21-7-9-23)17-13-5-3-4-6-16(13)28-19(17)18(15)25/h3-6,11,15,17-19,23,25H,7-10H2,1-2H3,(H,21,26). The Labute approximate surface area is 163 Å². The summed E-state index contributed by atoms with van der Waals surface area (Å²) < 4.78 is 11.1. The number of amides is 2. The van der Waals surface area contributed by atoms with Gasteiger partial charge in [-0.3, -0.25) is 9.59 Å². The Morgan fingerprint density at radius 1 is 1.32 bits per heavy atom. The monoisotopic (exact) mass is 390 g/mol. The highest BCUT2D eigenvalue weighted by molar-refractivity contribution is 5.96. The van der Waals surface area contributed by atoms with E-state index in [0.29, 0.717) is 17.9 Å². The number of aliphatic hydroxyl groups excluding tert-OH is 2. The fourth-order valence-electron chi connectivity index (χ4n) is 3.90. The fraction of sp³-hybridized carbons (Fsp3) is 0.500. The third-order valence-corrected chi connectivity index (χ3v) is 5.18. The van der Waals surface area contributed by atoms with E-state index in [0.717, 1.165) is 5.56 Å². The maximum Gasteiger partial charge on any atom is 0.247 e. The lowest BCUT2D eigenvalue weighted by Crippen LogP contribution is -2.56. The molecule has 0 saturated carbocycles. The predicted molar refractivity (Wildman–Crippen MR) is 101 cm³/mol. The average molecular weight is 390 g/mol. The molecule has 1 heterocycles. The topological polar surface area (TPSA) is 108 Å². The van der Waals surface area contributed by atoms with E-state index in [1.807, 2.05) is 18.2 Å². The number of carbonyl (C=O) groups excluding carboxylic acids is 2. The largest absolute Gasteiger partial charge is 0.486 e. The minimum absolute atomic E-state index is 0.114. The number of aliphatic hydroxyl groups is 2. The zero-order valence-corrected chi connectivity index (χ0v) is 16.0. The molecule has 0 fully saturated rings. The highest BCUT2D eigenvalue weighted by Crippen LogP contribution is 2.47. The van der Waals surface area contributed by atoms with Crippen molar-refractivity contribution in [3.8, 4) is 5.75 Å². The van der Waals surface area contributed by atoms with Crippen LogP contribution in [0.25, 0.3) is 0 Å². The number of hydrogen-bond acceptors (Lipinski definition) is 6. The van der Waals surface area contributed by atoms with Crippen LogP contribution in [0, 0.1) is 0 Å². The first-order valence-electron chi connectivity index (χ1n) is 9.30. The summed E-state index contributed by atoms with van der Waals surface area (Å²) in [7, 11) is 1.53. The maximum atomic E-state index is 12.8. The van der Waals surface area contributed by atoms with Gasteiger partial charge < -0.3 is 29.9 Å². The van der Waals surface area contributed by atoms with Crippen molar-refractivity contribution in [3.05, 3.63) is 41.5 Å². The normalized spacial score (nSPS) is 25.2. The molecule has 8 nitrogen and oxygen atoms in total. The van der Waals surface area contributed by atoms with Gasteiger partial charge in [-0.25, -0.2) is 0 Å². The smallest absolute Gasteiger partial charge is 0.247 e. The summed E-state index contributed by atoms with van der Waals surface area (Å²) in [6.07, 6.45) is -0.0552. The van der Waals surface area contributed by atoms with E-state index in [2.05, 4.69) is 5.32 Å². The number of nitrogens with zero attached hydrogens (tertiary/aromatic N) is 1. The Morgan fingerprint density at radius 3 is 2.75 bits per heavy atom. The van der Waals surface area contributed by atoms with Gasteiger partial charge in [0, 0.05) is 38.3 Å². The number of ether oxygens (including phenoxy) is 2. The van der Waals surface area contributed by atoms with Crippen LogP contribution in [-0.4, -0.2) is 78.6 Å². The quantitative estimate of drug-likeness (QED) is 0.595. The van der Waals surface area contributed by atoms with Gasteiger partial charge >= 0.3 is 0 Å². The van der Waals surface area contributed by atoms with Crippen LogP contribution in [0.2, 0.25) is 0 Å². The molecule has 0 spiro atoms. The first-order chi connectivity index (χ1) is 13.5. The summed E-state index contributed by atoms with van der Waals surface area (Å²) in [5.41, 5.74) is 1.24. The van der Waals surface area contributed by atoms with Crippen LogP contribution in [0.3, 0.4) is 0 Å². The Balaban J connectivity index is 2.01. The molecule has 0 saturated heterocycles. The SMILES string of the molecule is COCCN(C(C)=O)C1C=C(C(=O)NCCO)C2c3ccccc3OC2C1O. The Morgan fingerprint density at radius 2 is 2.07 bits per heavy atom. The van der Waals surface area contributed by atoms with Crippen LogP contribution in [0.15, 0.2) is 35.9 Å². The second-order valence-corrected chi connectivity index (χ2v) is 6.89. The lowest BCUT2D eigenvalue weighted by Gasteiger charge is -2.40. The molecular weight excluding hydrogens is 364 g/mol. The molecule has 4 unspecified atom stereocenters. The molecule has 1 aliphatic carbocycles. The van der Waals surface area contributed by atoms with Crippen LogP contribution in [0.4, 0.5) is 0 Å². The fourth-order valence-corrected chi connectivity index (χ4v) is 3.90. The molecule has 1 aromatic rings. The summed E-state index contributed by atoms with van der Waals surface area (Å²) in [5.74, 6) is -0.417. The number of rotatable bonds is 7. The summed E-state index contributed by atoms with van der Waals surface area (Å²) in [6.45, 7) is 1.93. The third-order valence-electron chi connectivity index (χ3n) is 5.18. The van der Waals surface area contributed by atoms with Gasteiger partial charge in [0.25, 0.3) is 0 Å². The van der Waals surface area contributed by atoms with E-state index in [4.69, 9.17) is 14.6 Å². The third kappa shape index (κ3) is 3.76. The summed E-state index contributed by atoms with van der Waals surface area (Å²) in [6, 6.07) is 6.63. The van der Waals surface area contributed by atoms with Gasteiger partial charge in [-0.15, -0.1) is 0 Å². The molecule has 3 rings (SSSR count). The summed E-state index contributed by atoms with van der Waals surface area (Å²) in [5, 5.41) is 22.7.